The van der Waals surface area contributed by atoms with Gasteiger partial charge in [-0.25, -0.2) is 8.78 Å². The van der Waals surface area contributed by atoms with E-state index in [9.17, 15) is 13.6 Å². The van der Waals surface area contributed by atoms with Crippen molar-refractivity contribution in [2.45, 2.75) is 25.7 Å². The van der Waals surface area contributed by atoms with Gasteiger partial charge in [0.1, 0.15) is 0 Å². The Morgan fingerprint density at radius 3 is 2.55 bits per heavy atom. The minimum atomic E-state index is -0.982. The van der Waals surface area contributed by atoms with Gasteiger partial charge in [-0.15, -0.1) is 0 Å². The summed E-state index contributed by atoms with van der Waals surface area (Å²) in [6, 6.07) is 9.35. The summed E-state index contributed by atoms with van der Waals surface area (Å²) < 4.78 is 26.0. The summed E-state index contributed by atoms with van der Waals surface area (Å²) >= 11 is 0. The number of carbonyl (C=O) groups excluding carboxylic acids is 1. The Morgan fingerprint density at radius 2 is 1.75 bits per heavy atom. The molecule has 0 N–H and O–H groups in total. The van der Waals surface area contributed by atoms with Crippen molar-refractivity contribution in [3.63, 3.8) is 0 Å². The summed E-state index contributed by atoms with van der Waals surface area (Å²) in [5.41, 5.74) is 3.80. The molecular formula is C17H14F2O. The van der Waals surface area contributed by atoms with Gasteiger partial charge in [0.05, 0.1) is 0 Å². The predicted molar refractivity (Wildman–Crippen MR) is 72.9 cm³/mol. The maximum absolute atomic E-state index is 13.1. The number of carbonyl (C=O) groups is 1. The Kier molecular flexibility index (Phi) is 3.35. The minimum Gasteiger partial charge on any atom is -0.294 e. The zero-order valence-electron chi connectivity index (χ0n) is 11.0. The second kappa shape index (κ2) is 5.16. The highest BCUT2D eigenvalue weighted by Gasteiger charge is 2.14. The van der Waals surface area contributed by atoms with Crippen LogP contribution in [0.4, 0.5) is 8.78 Å². The largest absolute Gasteiger partial charge is 0.294 e. The van der Waals surface area contributed by atoms with Gasteiger partial charge in [-0.05, 0) is 54.2 Å². The molecule has 0 unspecified atom stereocenters. The van der Waals surface area contributed by atoms with Crippen LogP contribution < -0.4 is 0 Å². The predicted octanol–water partition coefficient (Wildman–Crippen LogP) is 3.88. The minimum absolute atomic E-state index is 0.193. The summed E-state index contributed by atoms with van der Waals surface area (Å²) in [7, 11) is 0. The van der Waals surface area contributed by atoms with E-state index in [0.717, 1.165) is 37.0 Å². The normalized spacial score (nSPS) is 13.3. The summed E-state index contributed by atoms with van der Waals surface area (Å²) in [5.74, 6) is -2.11. The highest BCUT2D eigenvalue weighted by Crippen LogP contribution is 2.23. The number of benzene rings is 2. The van der Waals surface area contributed by atoms with Gasteiger partial charge >= 0.3 is 0 Å². The van der Waals surface area contributed by atoms with E-state index in [1.807, 2.05) is 6.07 Å². The molecule has 0 fully saturated rings. The quantitative estimate of drug-likeness (QED) is 0.775. The number of ketones is 1. The molecule has 0 heterocycles. The molecule has 0 bridgehead atoms. The molecule has 1 aliphatic carbocycles. The van der Waals surface area contributed by atoms with Crippen LogP contribution in [0.15, 0.2) is 36.4 Å². The van der Waals surface area contributed by atoms with Gasteiger partial charge in [0.25, 0.3) is 0 Å². The van der Waals surface area contributed by atoms with Gasteiger partial charge in [-0.1, -0.05) is 18.2 Å². The molecule has 1 aliphatic rings. The molecule has 0 saturated heterocycles. The van der Waals surface area contributed by atoms with Crippen molar-refractivity contribution >= 4 is 5.78 Å². The zero-order chi connectivity index (χ0) is 14.1. The first-order chi connectivity index (χ1) is 9.63. The van der Waals surface area contributed by atoms with E-state index in [-0.39, 0.29) is 17.8 Å². The van der Waals surface area contributed by atoms with E-state index < -0.39 is 11.6 Å². The number of Topliss-reactive ketones (excluding diaryl/α,β-unsaturated/α-hetero) is 1. The zero-order valence-corrected chi connectivity index (χ0v) is 11.0. The molecule has 0 atom stereocenters. The number of aryl methyl sites for hydroxylation is 2. The van der Waals surface area contributed by atoms with E-state index in [2.05, 4.69) is 12.1 Å². The lowest BCUT2D eigenvalue weighted by atomic mass is 9.99. The highest BCUT2D eigenvalue weighted by molar-refractivity contribution is 5.97. The molecule has 0 radical (unpaired) electrons. The molecular weight excluding hydrogens is 258 g/mol. The summed E-state index contributed by atoms with van der Waals surface area (Å²) in [5, 5.41) is 0. The topological polar surface area (TPSA) is 17.1 Å². The number of rotatable bonds is 3. The van der Waals surface area contributed by atoms with Crippen molar-refractivity contribution < 1.29 is 13.6 Å². The summed E-state index contributed by atoms with van der Waals surface area (Å²) in [6.07, 6.45) is 3.55. The lowest BCUT2D eigenvalue weighted by molar-refractivity contribution is 0.0992. The van der Waals surface area contributed by atoms with E-state index >= 15 is 0 Å². The third-order valence-corrected chi connectivity index (χ3v) is 3.77. The van der Waals surface area contributed by atoms with Crippen LogP contribution in [0.1, 0.15) is 33.5 Å². The van der Waals surface area contributed by atoms with E-state index in [0.29, 0.717) is 0 Å². The maximum atomic E-state index is 13.1. The maximum Gasteiger partial charge on any atom is 0.167 e. The molecule has 0 amide bonds. The third-order valence-electron chi connectivity index (χ3n) is 3.77. The van der Waals surface area contributed by atoms with Gasteiger partial charge in [0.2, 0.25) is 0 Å². The fraction of sp³-hybridized carbons (Fsp3) is 0.235. The van der Waals surface area contributed by atoms with E-state index in [4.69, 9.17) is 0 Å². The van der Waals surface area contributed by atoms with Crippen LogP contribution in [0.5, 0.6) is 0 Å². The van der Waals surface area contributed by atoms with Crippen molar-refractivity contribution in [3.8, 4) is 0 Å². The van der Waals surface area contributed by atoms with Gasteiger partial charge in [-0.3, -0.25) is 4.79 Å². The van der Waals surface area contributed by atoms with Crippen LogP contribution in [0.25, 0.3) is 0 Å². The van der Waals surface area contributed by atoms with Crippen molar-refractivity contribution in [2.24, 2.45) is 0 Å². The molecule has 0 saturated carbocycles. The van der Waals surface area contributed by atoms with Crippen LogP contribution in [-0.4, -0.2) is 5.78 Å². The van der Waals surface area contributed by atoms with Gasteiger partial charge in [0.15, 0.2) is 17.4 Å². The van der Waals surface area contributed by atoms with E-state index in [1.165, 1.54) is 17.2 Å². The summed E-state index contributed by atoms with van der Waals surface area (Å²) in [4.78, 5) is 12.1. The Morgan fingerprint density at radius 1 is 0.950 bits per heavy atom. The number of hydrogen-bond acceptors (Lipinski definition) is 1. The van der Waals surface area contributed by atoms with Crippen molar-refractivity contribution in [1.82, 2.24) is 0 Å². The first kappa shape index (κ1) is 13.0. The lowest BCUT2D eigenvalue weighted by Gasteiger charge is -2.05. The van der Waals surface area contributed by atoms with Crippen LogP contribution in [0, 0.1) is 11.6 Å². The number of halogens is 2. The van der Waals surface area contributed by atoms with Crippen molar-refractivity contribution in [2.75, 3.05) is 0 Å². The number of fused-ring (bicyclic) bond motifs is 1. The first-order valence-electron chi connectivity index (χ1n) is 6.72. The van der Waals surface area contributed by atoms with E-state index in [1.54, 1.807) is 0 Å². The molecule has 0 aromatic heterocycles. The smallest absolute Gasteiger partial charge is 0.167 e. The highest BCUT2D eigenvalue weighted by atomic mass is 19.2. The first-order valence-corrected chi connectivity index (χ1v) is 6.72. The monoisotopic (exact) mass is 272 g/mol. The Balaban J connectivity index is 1.80. The average molecular weight is 272 g/mol. The van der Waals surface area contributed by atoms with Crippen LogP contribution in [0.3, 0.4) is 0 Å². The average Bonchev–Trinajstić information content (AvgIpc) is 2.89. The molecule has 3 rings (SSSR count). The Labute approximate surface area is 116 Å². The molecule has 2 aromatic carbocycles. The van der Waals surface area contributed by atoms with Crippen LogP contribution >= 0.6 is 0 Å². The molecule has 102 valence electrons. The Bertz CT molecular complexity index is 677. The lowest BCUT2D eigenvalue weighted by Crippen LogP contribution is -2.05. The molecule has 1 nitrogen and oxygen atoms in total. The SMILES string of the molecule is O=C(Cc1ccc2c(c1)CCC2)c1ccc(F)c(F)c1. The van der Waals surface area contributed by atoms with Crippen molar-refractivity contribution in [1.29, 1.82) is 0 Å². The molecule has 3 heteroatoms. The van der Waals surface area contributed by atoms with Gasteiger partial charge < -0.3 is 0 Å². The fourth-order valence-electron chi connectivity index (χ4n) is 2.69. The second-order valence-corrected chi connectivity index (χ2v) is 5.19. The molecule has 20 heavy (non-hydrogen) atoms. The molecule has 2 aromatic rings. The standard InChI is InChI=1S/C17H14F2O/c18-15-7-6-14(10-16(15)19)17(20)9-11-4-5-12-2-1-3-13(12)8-11/h4-8,10H,1-3,9H2. The number of hydrogen-bond donors (Lipinski definition) is 0. The molecule has 0 spiro atoms. The van der Waals surface area contributed by atoms with Crippen LogP contribution in [0.2, 0.25) is 0 Å². The summed E-state index contributed by atoms with van der Waals surface area (Å²) in [6.45, 7) is 0. The van der Waals surface area contributed by atoms with Gasteiger partial charge in [-0.2, -0.15) is 0 Å². The molecule has 0 aliphatic heterocycles. The van der Waals surface area contributed by atoms with Crippen LogP contribution in [-0.2, 0) is 19.3 Å². The second-order valence-electron chi connectivity index (χ2n) is 5.19. The van der Waals surface area contributed by atoms with Crippen molar-refractivity contribution in [3.05, 3.63) is 70.3 Å². The van der Waals surface area contributed by atoms with Gasteiger partial charge in [0, 0.05) is 12.0 Å². The third kappa shape index (κ3) is 2.48. The Hall–Kier alpha value is -2.03. The fourth-order valence-corrected chi connectivity index (χ4v) is 2.69.